The fourth-order valence-electron chi connectivity index (χ4n) is 0.862. The number of hydrogen-bond donors (Lipinski definition) is 0. The Hall–Kier alpha value is -0.140. The van der Waals surface area contributed by atoms with E-state index in [1.165, 1.54) is 0 Å². The van der Waals surface area contributed by atoms with Gasteiger partial charge in [0.05, 0.1) is 0 Å². The predicted molar refractivity (Wildman–Crippen MR) is 51.0 cm³/mol. The van der Waals surface area contributed by atoms with Crippen LogP contribution >= 0.6 is 0 Å². The minimum absolute atomic E-state index is 0. The van der Waals surface area contributed by atoms with Crippen LogP contribution in [0.25, 0.3) is 0 Å². The minimum Gasteiger partial charge on any atom is -0.745 e. The van der Waals surface area contributed by atoms with E-state index in [0.717, 1.165) is 13.0 Å². The molecular weight excluding hydrogens is 229 g/mol. The van der Waals surface area contributed by atoms with E-state index in [4.69, 9.17) is 0 Å². The molecule has 5 nitrogen and oxygen atoms in total. The number of likely N-dealkylation sites (tertiary alicyclic amines) is 1. The average Bonchev–Trinajstić information content (AvgIpc) is 2.51. The molecule has 1 saturated heterocycles. The molecule has 0 N–H and O–H groups in total. The Morgan fingerprint density at radius 1 is 1.40 bits per heavy atom. The summed E-state index contributed by atoms with van der Waals surface area (Å²) in [5.74, 6) is 0.208. The molecule has 80 valence electrons. The van der Waals surface area contributed by atoms with Gasteiger partial charge < -0.3 is 9.45 Å². The summed E-state index contributed by atoms with van der Waals surface area (Å²) in [5, 5.41) is 0.354. The van der Waals surface area contributed by atoms with Crippen LogP contribution in [0.2, 0.25) is 0 Å². The molecule has 0 spiro atoms. The maximum Gasteiger partial charge on any atom is 1.00 e. The molecule has 0 aromatic heterocycles. The van der Waals surface area contributed by atoms with Crippen LogP contribution in [0.15, 0.2) is 24.8 Å². The van der Waals surface area contributed by atoms with Crippen molar-refractivity contribution in [1.29, 1.82) is 0 Å². The molecule has 1 rings (SSSR count). The third kappa shape index (κ3) is 8.83. The van der Waals surface area contributed by atoms with Gasteiger partial charge in [-0.05, 0) is 12.6 Å². The normalized spacial score (nSPS) is 14.7. The molecule has 0 aromatic carbocycles. The van der Waals surface area contributed by atoms with Gasteiger partial charge in [0, 0.05) is 18.4 Å². The van der Waals surface area contributed by atoms with Crippen LogP contribution in [0.4, 0.5) is 0 Å². The zero-order chi connectivity index (χ0) is 11.2. The molecule has 1 aliphatic rings. The van der Waals surface area contributed by atoms with Crippen molar-refractivity contribution < 1.29 is 47.3 Å². The Morgan fingerprint density at radius 2 is 1.87 bits per heavy atom. The van der Waals surface area contributed by atoms with E-state index in [2.05, 4.69) is 13.2 Å². The smallest absolute Gasteiger partial charge is 0.745 e. The van der Waals surface area contributed by atoms with Gasteiger partial charge in [0.25, 0.3) is 0 Å². The number of carbonyl (C=O) groups is 1. The number of carbonyl (C=O) groups excluding carboxylic acids is 1. The second kappa shape index (κ2) is 8.06. The molecule has 7 heteroatoms. The molecule has 0 atom stereocenters. The Kier molecular flexibility index (Phi) is 9.28. The van der Waals surface area contributed by atoms with Gasteiger partial charge in [-0.25, -0.2) is 8.42 Å². The molecular formula is C8H12NNaO4S. The van der Waals surface area contributed by atoms with Crippen molar-refractivity contribution in [2.45, 2.75) is 12.8 Å². The van der Waals surface area contributed by atoms with Crippen molar-refractivity contribution in [1.82, 2.24) is 4.90 Å². The summed E-state index contributed by atoms with van der Waals surface area (Å²) >= 11 is 0. The van der Waals surface area contributed by atoms with Crippen molar-refractivity contribution in [3.05, 3.63) is 24.8 Å². The number of rotatable bonds is 2. The van der Waals surface area contributed by atoms with Crippen molar-refractivity contribution in [3.8, 4) is 0 Å². The predicted octanol–water partition coefficient (Wildman–Crippen LogP) is -2.57. The van der Waals surface area contributed by atoms with Gasteiger partial charge in [-0.3, -0.25) is 4.79 Å². The first-order valence-electron chi connectivity index (χ1n) is 3.91. The van der Waals surface area contributed by atoms with Crippen LogP contribution in [0, 0.1) is 0 Å². The number of amides is 1. The van der Waals surface area contributed by atoms with Gasteiger partial charge in [0.1, 0.15) is 10.1 Å². The van der Waals surface area contributed by atoms with E-state index in [-0.39, 0.29) is 35.5 Å². The fourth-order valence-corrected chi connectivity index (χ4v) is 0.862. The average molecular weight is 241 g/mol. The molecule has 0 unspecified atom stereocenters. The Labute approximate surface area is 112 Å². The van der Waals surface area contributed by atoms with E-state index >= 15 is 0 Å². The molecule has 1 amide bonds. The maximum atomic E-state index is 10.7. The van der Waals surface area contributed by atoms with Crippen LogP contribution in [-0.4, -0.2) is 30.3 Å². The van der Waals surface area contributed by atoms with E-state index in [1.807, 2.05) is 0 Å². The largest absolute Gasteiger partial charge is 1.00 e. The molecule has 1 aliphatic heterocycles. The molecule has 1 heterocycles. The zero-order valence-corrected chi connectivity index (χ0v) is 11.5. The fraction of sp³-hybridized carbons (Fsp3) is 0.375. The minimum atomic E-state index is -4.15. The van der Waals surface area contributed by atoms with Crippen molar-refractivity contribution >= 4 is 16.0 Å². The van der Waals surface area contributed by atoms with Crippen LogP contribution in [-0.2, 0) is 14.9 Å². The molecule has 0 aromatic rings. The van der Waals surface area contributed by atoms with Gasteiger partial charge in [-0.1, -0.05) is 13.2 Å². The van der Waals surface area contributed by atoms with Crippen molar-refractivity contribution in [2.75, 3.05) is 6.54 Å². The second-order valence-electron chi connectivity index (χ2n) is 2.53. The first kappa shape index (κ1) is 17.3. The van der Waals surface area contributed by atoms with Crippen LogP contribution in [0.3, 0.4) is 0 Å². The Morgan fingerprint density at radius 3 is 2.00 bits per heavy atom. The van der Waals surface area contributed by atoms with Gasteiger partial charge in [-0.2, -0.15) is 0 Å². The monoisotopic (exact) mass is 241 g/mol. The summed E-state index contributed by atoms with van der Waals surface area (Å²) in [7, 11) is -4.15. The maximum absolute atomic E-state index is 10.7. The first-order valence-corrected chi connectivity index (χ1v) is 5.38. The summed E-state index contributed by atoms with van der Waals surface area (Å²) in [5.41, 5.74) is 0. The standard InChI is InChI=1S/C6H9NO.C2H4O3S.Na/c1-2-7-5-3-4-6(7)8;1-2-6(3,4)5;/h2H,1,3-5H2;2H,1H2,(H,3,4,5);/q;;+1/p-1. The molecule has 0 bridgehead atoms. The summed E-state index contributed by atoms with van der Waals surface area (Å²) in [6.45, 7) is 7.09. The first-order chi connectivity index (χ1) is 6.40. The SMILES string of the molecule is C=CN1CCCC1=O.C=CS(=O)(=O)[O-].[Na+]. The number of hydrogen-bond acceptors (Lipinski definition) is 4. The van der Waals surface area contributed by atoms with E-state index < -0.39 is 10.1 Å². The summed E-state index contributed by atoms with van der Waals surface area (Å²) in [6, 6.07) is 0. The molecule has 0 aliphatic carbocycles. The molecule has 15 heavy (non-hydrogen) atoms. The van der Waals surface area contributed by atoms with Crippen molar-refractivity contribution in [2.24, 2.45) is 0 Å². The topological polar surface area (TPSA) is 77.5 Å². The van der Waals surface area contributed by atoms with E-state index in [1.54, 1.807) is 11.1 Å². The molecule has 1 fully saturated rings. The van der Waals surface area contributed by atoms with Crippen LogP contribution in [0.5, 0.6) is 0 Å². The summed E-state index contributed by atoms with van der Waals surface area (Å²) in [4.78, 5) is 12.3. The Bertz CT molecular complexity index is 314. The summed E-state index contributed by atoms with van der Waals surface area (Å²) < 4.78 is 28.0. The van der Waals surface area contributed by atoms with E-state index in [9.17, 15) is 17.8 Å². The van der Waals surface area contributed by atoms with Gasteiger partial charge >= 0.3 is 29.6 Å². The molecule has 0 radical (unpaired) electrons. The molecule has 0 saturated carbocycles. The van der Waals surface area contributed by atoms with Crippen LogP contribution < -0.4 is 29.6 Å². The quantitative estimate of drug-likeness (QED) is 0.393. The van der Waals surface area contributed by atoms with E-state index in [0.29, 0.717) is 11.8 Å². The van der Waals surface area contributed by atoms with Gasteiger partial charge in [0.15, 0.2) is 0 Å². The second-order valence-corrected chi connectivity index (χ2v) is 3.85. The third-order valence-electron chi connectivity index (χ3n) is 1.53. The van der Waals surface area contributed by atoms with Crippen LogP contribution in [0.1, 0.15) is 12.8 Å². The van der Waals surface area contributed by atoms with Gasteiger partial charge in [-0.15, -0.1) is 0 Å². The number of nitrogens with zero attached hydrogens (tertiary/aromatic N) is 1. The zero-order valence-electron chi connectivity index (χ0n) is 8.68. The Balaban J connectivity index is 0. The summed E-state index contributed by atoms with van der Waals surface area (Å²) in [6.07, 6.45) is 3.28. The van der Waals surface area contributed by atoms with Crippen molar-refractivity contribution in [3.63, 3.8) is 0 Å². The third-order valence-corrected chi connectivity index (χ3v) is 1.94. The van der Waals surface area contributed by atoms with Gasteiger partial charge in [0.2, 0.25) is 5.91 Å².